The van der Waals surface area contributed by atoms with Gasteiger partial charge in [-0.25, -0.2) is 9.13 Å². The maximum absolute atomic E-state index is 13.1. The summed E-state index contributed by atoms with van der Waals surface area (Å²) in [6.07, 6.45) is 46.0. The van der Waals surface area contributed by atoms with E-state index in [1.54, 1.807) is 0 Å². The number of unbranched alkanes of at least 4 members (excludes halogenated alkanes) is 35. The van der Waals surface area contributed by atoms with E-state index >= 15 is 0 Å². The summed E-state index contributed by atoms with van der Waals surface area (Å²) in [6, 6.07) is 0. The van der Waals surface area contributed by atoms with Crippen LogP contribution in [0, 0.1) is 23.7 Å². The minimum absolute atomic E-state index is 0.102. The molecule has 0 spiro atoms. The highest BCUT2D eigenvalue weighted by molar-refractivity contribution is 7.47. The Kier molecular flexibility index (Phi) is 61.3. The van der Waals surface area contributed by atoms with E-state index in [2.05, 4.69) is 55.4 Å². The van der Waals surface area contributed by atoms with E-state index in [0.29, 0.717) is 31.6 Å². The zero-order valence-corrected chi connectivity index (χ0v) is 62.0. The molecule has 0 heterocycles. The molecule has 0 bridgehead atoms. The van der Waals surface area contributed by atoms with Crippen LogP contribution in [-0.2, 0) is 65.4 Å². The van der Waals surface area contributed by atoms with Gasteiger partial charge in [-0.2, -0.15) is 0 Å². The number of phosphoric ester groups is 2. The van der Waals surface area contributed by atoms with E-state index in [-0.39, 0.29) is 25.7 Å². The summed E-state index contributed by atoms with van der Waals surface area (Å²) in [5, 5.41) is 10.6. The van der Waals surface area contributed by atoms with Gasteiger partial charge in [0.25, 0.3) is 0 Å². The van der Waals surface area contributed by atoms with Gasteiger partial charge in [-0.1, -0.05) is 312 Å². The molecule has 19 heteroatoms. The van der Waals surface area contributed by atoms with Crippen LogP contribution in [0.1, 0.15) is 364 Å². The number of rotatable bonds is 70. The highest BCUT2D eigenvalue weighted by Crippen LogP contribution is 2.45. The van der Waals surface area contributed by atoms with Gasteiger partial charge in [0.05, 0.1) is 26.4 Å². The minimum Gasteiger partial charge on any atom is -0.462 e. The highest BCUT2D eigenvalue weighted by atomic mass is 31.2. The molecule has 0 saturated carbocycles. The highest BCUT2D eigenvalue weighted by Gasteiger charge is 2.30. The van der Waals surface area contributed by atoms with Crippen molar-refractivity contribution in [1.82, 2.24) is 0 Å². The largest absolute Gasteiger partial charge is 0.472 e. The molecular formula is C73H142O17P2. The Morgan fingerprint density at radius 1 is 0.304 bits per heavy atom. The van der Waals surface area contributed by atoms with Crippen LogP contribution in [0.3, 0.4) is 0 Å². The maximum atomic E-state index is 13.1. The first-order chi connectivity index (χ1) is 44.1. The van der Waals surface area contributed by atoms with Gasteiger partial charge in [-0.05, 0) is 49.4 Å². The van der Waals surface area contributed by atoms with Gasteiger partial charge < -0.3 is 33.8 Å². The summed E-state index contributed by atoms with van der Waals surface area (Å²) in [5.41, 5.74) is 0. The smallest absolute Gasteiger partial charge is 0.462 e. The molecule has 546 valence electrons. The second kappa shape index (κ2) is 62.6. The van der Waals surface area contributed by atoms with Gasteiger partial charge in [0.2, 0.25) is 0 Å². The Labute approximate surface area is 562 Å². The topological polar surface area (TPSA) is 237 Å². The van der Waals surface area contributed by atoms with Crippen LogP contribution in [0.15, 0.2) is 0 Å². The summed E-state index contributed by atoms with van der Waals surface area (Å²) in [4.78, 5) is 72.6. The van der Waals surface area contributed by atoms with Gasteiger partial charge >= 0.3 is 39.5 Å². The number of aliphatic hydroxyl groups excluding tert-OH is 1. The second-order valence-corrected chi connectivity index (χ2v) is 30.9. The molecule has 0 aromatic carbocycles. The molecule has 0 fully saturated rings. The number of aliphatic hydroxyl groups is 1. The summed E-state index contributed by atoms with van der Waals surface area (Å²) in [7, 11) is -9.91. The first-order valence-electron chi connectivity index (χ1n) is 37.7. The number of carbonyl (C=O) groups is 4. The summed E-state index contributed by atoms with van der Waals surface area (Å²) < 4.78 is 68.3. The van der Waals surface area contributed by atoms with E-state index in [9.17, 15) is 43.2 Å². The fraction of sp³-hybridized carbons (Fsp3) is 0.945. The van der Waals surface area contributed by atoms with Crippen LogP contribution in [-0.4, -0.2) is 96.7 Å². The molecule has 0 aromatic rings. The van der Waals surface area contributed by atoms with Gasteiger partial charge in [0, 0.05) is 25.7 Å². The third-order valence-corrected chi connectivity index (χ3v) is 19.1. The van der Waals surface area contributed by atoms with Crippen molar-refractivity contribution in [1.29, 1.82) is 0 Å². The number of phosphoric acid groups is 2. The Morgan fingerprint density at radius 2 is 0.522 bits per heavy atom. The van der Waals surface area contributed by atoms with E-state index in [4.69, 9.17) is 37.0 Å². The summed E-state index contributed by atoms with van der Waals surface area (Å²) in [6.45, 7) is 14.1. The molecule has 0 amide bonds. The van der Waals surface area contributed by atoms with E-state index in [0.717, 1.165) is 114 Å². The third-order valence-electron chi connectivity index (χ3n) is 17.2. The molecule has 0 aliphatic heterocycles. The lowest BCUT2D eigenvalue weighted by atomic mass is 10.00. The van der Waals surface area contributed by atoms with Crippen molar-refractivity contribution in [3.63, 3.8) is 0 Å². The Balaban J connectivity index is 5.22. The van der Waals surface area contributed by atoms with Gasteiger partial charge in [-0.15, -0.1) is 0 Å². The van der Waals surface area contributed by atoms with Crippen LogP contribution in [0.4, 0.5) is 0 Å². The Morgan fingerprint density at radius 3 is 0.772 bits per heavy atom. The SMILES string of the molecule is CCC(C)CCCCCCCCC(=O)OC[C@H](COP(=O)(O)OC[C@H](O)COP(=O)(O)OC[C@@H](COC(=O)CCCCCCCCCCCCC(C)C)OC(=O)CCCCCCCCCCCCCCCCCCC(C)C)OC(=O)CCCCCCCCCC(C)C. The molecule has 0 rings (SSSR count). The molecule has 6 atom stereocenters. The van der Waals surface area contributed by atoms with Gasteiger partial charge in [0.15, 0.2) is 12.2 Å². The molecular weight excluding hydrogens is 1210 g/mol. The Hall–Kier alpha value is -1.94. The molecule has 17 nitrogen and oxygen atoms in total. The fourth-order valence-electron chi connectivity index (χ4n) is 11.0. The molecule has 0 radical (unpaired) electrons. The van der Waals surface area contributed by atoms with Crippen molar-refractivity contribution in [2.24, 2.45) is 23.7 Å². The van der Waals surface area contributed by atoms with Crippen molar-refractivity contribution in [3.05, 3.63) is 0 Å². The molecule has 0 aliphatic rings. The molecule has 3 unspecified atom stereocenters. The normalized spacial score (nSPS) is 14.5. The van der Waals surface area contributed by atoms with Crippen LogP contribution >= 0.6 is 15.6 Å². The summed E-state index contributed by atoms with van der Waals surface area (Å²) >= 11 is 0. The predicted molar refractivity (Wildman–Crippen MR) is 372 cm³/mol. The molecule has 92 heavy (non-hydrogen) atoms. The molecule has 0 saturated heterocycles. The van der Waals surface area contributed by atoms with E-state index in [1.807, 2.05) is 0 Å². The first-order valence-corrected chi connectivity index (χ1v) is 40.7. The van der Waals surface area contributed by atoms with Crippen LogP contribution in [0.2, 0.25) is 0 Å². The van der Waals surface area contributed by atoms with Gasteiger partial charge in [-0.3, -0.25) is 37.3 Å². The standard InChI is InChI=1S/C73H142O17P2/c1-9-66(8)52-44-36-31-32-38-46-54-71(76)84-60-69(90-73(78)56-48-40-30-24-27-35-43-51-65(6)7)62-88-92(81,82)86-58-67(74)57-85-91(79,80)87-61-68(59-83-70(75)53-45-37-28-22-19-18-21-26-34-42-50-64(4)5)89-72(77)55-47-39-29-23-17-15-13-11-10-12-14-16-20-25-33-41-49-63(2)3/h63-69,74H,9-62H2,1-8H3,(H,79,80)(H,81,82)/t66?,67-,68-,69-/m1/s1. The van der Waals surface area contributed by atoms with Gasteiger partial charge in [0.1, 0.15) is 19.3 Å². The van der Waals surface area contributed by atoms with E-state index < -0.39 is 97.5 Å². The lowest BCUT2D eigenvalue weighted by Crippen LogP contribution is -2.30. The minimum atomic E-state index is -4.96. The van der Waals surface area contributed by atoms with Crippen molar-refractivity contribution < 1.29 is 80.2 Å². The molecule has 0 aromatic heterocycles. The van der Waals surface area contributed by atoms with Crippen molar-refractivity contribution in [2.75, 3.05) is 39.6 Å². The van der Waals surface area contributed by atoms with E-state index in [1.165, 1.54) is 161 Å². The fourth-order valence-corrected chi connectivity index (χ4v) is 12.6. The van der Waals surface area contributed by atoms with Crippen molar-refractivity contribution in [3.8, 4) is 0 Å². The van der Waals surface area contributed by atoms with Crippen LogP contribution in [0.25, 0.3) is 0 Å². The number of esters is 4. The van der Waals surface area contributed by atoms with Crippen molar-refractivity contribution in [2.45, 2.75) is 382 Å². The lowest BCUT2D eigenvalue weighted by Gasteiger charge is -2.21. The zero-order valence-electron chi connectivity index (χ0n) is 60.2. The first kappa shape index (κ1) is 90.1. The van der Waals surface area contributed by atoms with Crippen LogP contribution < -0.4 is 0 Å². The van der Waals surface area contributed by atoms with Crippen molar-refractivity contribution >= 4 is 39.5 Å². The maximum Gasteiger partial charge on any atom is 0.472 e. The predicted octanol–water partition coefficient (Wildman–Crippen LogP) is 20.9. The third kappa shape index (κ3) is 65.4. The quantitative estimate of drug-likeness (QED) is 0.0222. The Bertz CT molecular complexity index is 1820. The second-order valence-electron chi connectivity index (χ2n) is 28.0. The monoisotopic (exact) mass is 1350 g/mol. The lowest BCUT2D eigenvalue weighted by molar-refractivity contribution is -0.161. The molecule has 3 N–H and O–H groups in total. The average molecular weight is 1350 g/mol. The molecule has 0 aliphatic carbocycles. The summed E-state index contributed by atoms with van der Waals surface area (Å²) in [5.74, 6) is 0.866. The number of carbonyl (C=O) groups excluding carboxylic acids is 4. The number of hydrogen-bond acceptors (Lipinski definition) is 15. The average Bonchev–Trinajstić information content (AvgIpc) is 1.65. The van der Waals surface area contributed by atoms with Crippen LogP contribution in [0.5, 0.6) is 0 Å². The zero-order chi connectivity index (χ0) is 68.2. The number of ether oxygens (including phenoxy) is 4. The number of hydrogen-bond donors (Lipinski definition) is 3.